The summed E-state index contributed by atoms with van der Waals surface area (Å²) < 4.78 is 38.2. The Labute approximate surface area is 515 Å². The van der Waals surface area contributed by atoms with Crippen molar-refractivity contribution in [3.63, 3.8) is 0 Å². The lowest BCUT2D eigenvalue weighted by Gasteiger charge is -2.28. The molecule has 7 atom stereocenters. The monoisotopic (exact) mass is 1300 g/mol. The van der Waals surface area contributed by atoms with Crippen LogP contribution in [0.25, 0.3) is 10.8 Å². The number of aromatic hydroxyl groups is 1. The minimum Gasteiger partial charge on any atom is -0.508 e. The van der Waals surface area contributed by atoms with Crippen molar-refractivity contribution in [1.82, 2.24) is 51.9 Å². The molecule has 2 heterocycles. The van der Waals surface area contributed by atoms with Gasteiger partial charge in [-0.3, -0.25) is 66.9 Å². The van der Waals surface area contributed by atoms with E-state index in [1.165, 1.54) is 24.3 Å². The average Bonchev–Trinajstić information content (AvgIpc) is 3.87. The number of aliphatic imine (C=N–C) groups is 1. The van der Waals surface area contributed by atoms with Gasteiger partial charge in [-0.15, -0.1) is 0 Å². The van der Waals surface area contributed by atoms with E-state index >= 15 is 0 Å². The van der Waals surface area contributed by atoms with Gasteiger partial charge in [-0.05, 0) is 77.4 Å². The maximum Gasteiger partial charge on any atom is 0.251 e. The molecular weight excluding hydrogens is 1220 g/mol. The van der Waals surface area contributed by atoms with E-state index in [-0.39, 0.29) is 146 Å². The molecule has 4 aromatic carbocycles. The highest BCUT2D eigenvalue weighted by molar-refractivity contribution is 7.58. The van der Waals surface area contributed by atoms with Crippen LogP contribution in [0.1, 0.15) is 59.2 Å². The van der Waals surface area contributed by atoms with Crippen molar-refractivity contribution in [1.29, 1.82) is 0 Å². The quantitative estimate of drug-likeness (QED) is 0.0158. The number of carbonyl (C=O) groups is 7. The van der Waals surface area contributed by atoms with Crippen LogP contribution in [-0.2, 0) is 61.8 Å². The van der Waals surface area contributed by atoms with Crippen LogP contribution in [0.3, 0.4) is 0 Å². The van der Waals surface area contributed by atoms with Crippen LogP contribution in [0.4, 0.5) is 0 Å². The number of aliphatic hydroxyl groups is 2. The molecule has 7 amide bonds. The number of fused-ring (bicyclic) bond motifs is 1. The third-order valence-corrected chi connectivity index (χ3v) is 19.1. The number of hydrogen-bond donors (Lipinski definition) is 15. The first-order chi connectivity index (χ1) is 42.3. The highest BCUT2D eigenvalue weighted by Gasteiger charge is 2.34. The number of nitrogens with zero attached hydrogens (tertiary/aromatic N) is 4. The molecule has 29 nitrogen and oxygen atoms in total. The fourth-order valence-corrected chi connectivity index (χ4v) is 13.5. The predicted molar refractivity (Wildman–Crippen MR) is 332 cm³/mol. The molecule has 0 aromatic heterocycles. The van der Waals surface area contributed by atoms with Gasteiger partial charge in [-0.1, -0.05) is 66.7 Å². The molecule has 4 aromatic rings. The molecule has 17 N–H and O–H groups in total. The molecule has 0 aliphatic carbocycles. The van der Waals surface area contributed by atoms with Crippen molar-refractivity contribution in [2.75, 3.05) is 96.6 Å². The van der Waals surface area contributed by atoms with Crippen LogP contribution in [0.2, 0.25) is 0 Å². The summed E-state index contributed by atoms with van der Waals surface area (Å²) in [5.41, 5.74) is 13.1. The number of carbonyl (C=O) groups excluding carboxylic acids is 7. The lowest BCUT2D eigenvalue weighted by Crippen LogP contribution is -2.58. The molecule has 2 saturated heterocycles. The summed E-state index contributed by atoms with van der Waals surface area (Å²) in [7, 11) is -11.9. The average molecular weight is 1300 g/mol. The van der Waals surface area contributed by atoms with Crippen LogP contribution in [-0.4, -0.2) is 213 Å². The fourth-order valence-electron chi connectivity index (χ4n) is 9.94. The molecule has 6 rings (SSSR count). The molecule has 2 fully saturated rings. The maximum absolute atomic E-state index is 14.4. The van der Waals surface area contributed by atoms with Gasteiger partial charge in [0.2, 0.25) is 57.5 Å². The minimum atomic E-state index is -4.00. The Morgan fingerprint density at radius 2 is 1.08 bits per heavy atom. The largest absolute Gasteiger partial charge is 0.508 e. The van der Waals surface area contributed by atoms with Gasteiger partial charge < -0.3 is 78.7 Å². The van der Waals surface area contributed by atoms with Gasteiger partial charge in [0.1, 0.15) is 42.6 Å². The third-order valence-electron chi connectivity index (χ3n) is 14.8. The topological polar surface area (TPSA) is 450 Å². The standard InChI is InChI=1S/C57H82N13O16P3/c58-57(59)61-21-4-8-47-55(79)67-48(31-41-11-14-42-5-1-2-6-44(42)29-41)53(77)63-33-51(75)64-49(30-39-12-17-45(73)18-13-39)56(80)66-46(54(78)65-47)7-3-20-60-52(76)43-15-9-40(10-16-43)32-62-50(74)19-28-87(81,82)34-68-22-24-69(35-88(83,84)37-71)26-27-70(25-23-68)36-89(85,86)38-72/h1-2,5-6,9-18,29,46-49,71-73H,3-4,7-8,19-28,30-38H2,(H,60,76)(H,62,74)(H,63,77)(H,64,75)(H,65,78)(H,66,80)(H,67,79)(H,81,82)(H,83,84)(H,85,86)(H4,58,59,61)/t46-,47-,48+,49-/m1/s1. The van der Waals surface area contributed by atoms with Crippen molar-refractivity contribution in [2.24, 2.45) is 16.5 Å². The number of nitrogens with one attached hydrogen (secondary N) is 7. The number of phenols is 1. The van der Waals surface area contributed by atoms with Gasteiger partial charge >= 0.3 is 0 Å². The van der Waals surface area contributed by atoms with Crippen LogP contribution >= 0.6 is 22.1 Å². The smallest absolute Gasteiger partial charge is 0.251 e. The van der Waals surface area contributed by atoms with Gasteiger partial charge in [0, 0.05) is 89.9 Å². The maximum atomic E-state index is 14.4. The van der Waals surface area contributed by atoms with Gasteiger partial charge in [-0.25, -0.2) is 0 Å². The number of nitrogens with two attached hydrogens (primary N) is 2. The van der Waals surface area contributed by atoms with E-state index < -0.39 is 107 Å². The molecule has 0 spiro atoms. The molecule has 486 valence electrons. The summed E-state index contributed by atoms with van der Waals surface area (Å²) in [5, 5.41) is 49.5. The van der Waals surface area contributed by atoms with Crippen molar-refractivity contribution in [3.05, 3.63) is 113 Å². The summed E-state index contributed by atoms with van der Waals surface area (Å²) in [4.78, 5) is 137. The zero-order valence-corrected chi connectivity index (χ0v) is 52.0. The van der Waals surface area contributed by atoms with E-state index in [2.05, 4.69) is 42.2 Å². The second-order valence-electron chi connectivity index (χ2n) is 22.2. The number of amides is 7. The number of benzene rings is 4. The van der Waals surface area contributed by atoms with E-state index in [0.29, 0.717) is 16.7 Å². The lowest BCUT2D eigenvalue weighted by atomic mass is 10.0. The van der Waals surface area contributed by atoms with Crippen molar-refractivity contribution < 1.29 is 77.3 Å². The lowest BCUT2D eigenvalue weighted by molar-refractivity contribution is -0.134. The molecule has 0 saturated carbocycles. The highest BCUT2D eigenvalue weighted by Crippen LogP contribution is 2.43. The van der Waals surface area contributed by atoms with E-state index in [1.54, 1.807) is 39.0 Å². The molecule has 2 aliphatic heterocycles. The summed E-state index contributed by atoms with van der Waals surface area (Å²) in [6.45, 7) is 0.539. The molecule has 0 radical (unpaired) electrons. The Balaban J connectivity index is 1.07. The van der Waals surface area contributed by atoms with Gasteiger partial charge in [0.05, 0.1) is 25.4 Å². The van der Waals surface area contributed by atoms with E-state index in [1.807, 2.05) is 42.5 Å². The normalized spacial score (nSPS) is 21.0. The molecule has 2 aliphatic rings. The molecule has 89 heavy (non-hydrogen) atoms. The SMILES string of the molecule is NC(N)=NCCC[C@H]1NC(=O)[C@@H](CCCNC(=O)c2ccc(CNC(=O)CCP(=O)(O)CN3CCN(CP(=O)(O)CO)CCN(CP(=O)(O)CO)CC3)cc2)NC(=O)[C@@H](Cc2ccc(O)cc2)NC(=O)CNC(=O)[C@H](Cc2ccc3ccccc3c2)NC1=O. The van der Waals surface area contributed by atoms with Crippen molar-refractivity contribution in [2.45, 2.75) is 75.7 Å². The zero-order valence-electron chi connectivity index (χ0n) is 49.3. The molecule has 0 bridgehead atoms. The summed E-state index contributed by atoms with van der Waals surface area (Å²) in [5.74, 6) is -5.07. The zero-order chi connectivity index (χ0) is 64.7. The Morgan fingerprint density at radius 1 is 0.584 bits per heavy atom. The van der Waals surface area contributed by atoms with E-state index in [9.17, 15) is 77.3 Å². The minimum absolute atomic E-state index is 0.00493. The second kappa shape index (κ2) is 34.2. The number of hydrogen-bond acceptors (Lipinski definition) is 17. The predicted octanol–water partition coefficient (Wildman–Crippen LogP) is -0.827. The Morgan fingerprint density at radius 3 is 1.65 bits per heavy atom. The molecular formula is C57H82N13O16P3. The van der Waals surface area contributed by atoms with Gasteiger partial charge in [0.25, 0.3) is 5.91 Å². The number of rotatable bonds is 26. The summed E-state index contributed by atoms with van der Waals surface area (Å²) in [6, 6.07) is 20.1. The Kier molecular flexibility index (Phi) is 27.2. The third kappa shape index (κ3) is 24.6. The number of phenolic OH excluding ortho intramolecular Hbond substituents is 1. The van der Waals surface area contributed by atoms with E-state index in [0.717, 1.165) is 10.8 Å². The van der Waals surface area contributed by atoms with Crippen LogP contribution in [0.5, 0.6) is 5.75 Å². The first-order valence-corrected chi connectivity index (χ1v) is 35.1. The first-order valence-electron chi connectivity index (χ1n) is 29.0. The highest BCUT2D eigenvalue weighted by atomic mass is 31.2. The van der Waals surface area contributed by atoms with Crippen LogP contribution in [0.15, 0.2) is 96.0 Å². The molecule has 32 heteroatoms. The van der Waals surface area contributed by atoms with Crippen LogP contribution in [0, 0.1) is 0 Å². The van der Waals surface area contributed by atoms with Crippen LogP contribution < -0.4 is 48.7 Å². The fraction of sp³-hybridized carbons (Fsp3) is 0.474. The van der Waals surface area contributed by atoms with Crippen molar-refractivity contribution >= 4 is 80.2 Å². The number of aliphatic hydroxyl groups excluding tert-OH is 2. The van der Waals surface area contributed by atoms with Gasteiger partial charge in [-0.2, -0.15) is 0 Å². The van der Waals surface area contributed by atoms with Crippen molar-refractivity contribution in [3.8, 4) is 5.75 Å². The number of guanidine groups is 1. The van der Waals surface area contributed by atoms with Gasteiger partial charge in [0.15, 0.2) is 5.96 Å². The Bertz CT molecular complexity index is 3230. The Hall–Kier alpha value is -7.13. The second-order valence-corrected chi connectivity index (χ2v) is 29.1. The first kappa shape index (κ1) is 71.0. The van der Waals surface area contributed by atoms with E-state index in [4.69, 9.17) is 11.5 Å². The summed E-state index contributed by atoms with van der Waals surface area (Å²) in [6.07, 6.45) is -3.62. The molecule has 3 unspecified atom stereocenters. The summed E-state index contributed by atoms with van der Waals surface area (Å²) >= 11 is 0.